The number of aromatic amines is 1. The van der Waals surface area contributed by atoms with Crippen molar-refractivity contribution in [2.75, 3.05) is 6.54 Å². The van der Waals surface area contributed by atoms with Crippen molar-refractivity contribution in [2.45, 2.75) is 37.6 Å². The van der Waals surface area contributed by atoms with E-state index >= 15 is 0 Å². The summed E-state index contributed by atoms with van der Waals surface area (Å²) in [5, 5.41) is 6.62. The summed E-state index contributed by atoms with van der Waals surface area (Å²) in [6, 6.07) is -0.376. The zero-order chi connectivity index (χ0) is 13.5. The highest BCUT2D eigenvalue weighted by Gasteiger charge is 2.38. The number of sulfonamides is 1. The monoisotopic (exact) mass is 288 g/mol. The Morgan fingerprint density at radius 1 is 1.56 bits per heavy atom. The maximum absolute atomic E-state index is 12.6. The van der Waals surface area contributed by atoms with Crippen LogP contribution in [0.2, 0.25) is 0 Å². The zero-order valence-electron chi connectivity index (χ0n) is 10.3. The minimum absolute atomic E-state index is 0.231. The predicted octanol–water partition coefficient (Wildman–Crippen LogP) is 0.466. The van der Waals surface area contributed by atoms with Crippen LogP contribution in [0.3, 0.4) is 0 Å². The van der Waals surface area contributed by atoms with Crippen LogP contribution in [0.25, 0.3) is 0 Å². The van der Waals surface area contributed by atoms with E-state index in [9.17, 15) is 8.42 Å². The van der Waals surface area contributed by atoms with E-state index in [1.165, 1.54) is 4.31 Å². The molecule has 0 saturated carbocycles. The van der Waals surface area contributed by atoms with E-state index in [0.29, 0.717) is 24.4 Å². The van der Waals surface area contributed by atoms with Gasteiger partial charge in [-0.05, 0) is 26.7 Å². The average Bonchev–Trinajstić information content (AvgIpc) is 2.85. The van der Waals surface area contributed by atoms with Crippen LogP contribution in [0.4, 0.5) is 0 Å². The summed E-state index contributed by atoms with van der Waals surface area (Å²) in [7, 11) is -3.58. The standard InChI is InChI=1S/C10H16N4O2S2/c1-6-9(7(2)13-12-6)18(15,16)14-5-3-4-8(14)10(11)17/h8H,3-5H2,1-2H3,(H2,11,17)(H,12,13). The Kier molecular flexibility index (Phi) is 3.43. The van der Waals surface area contributed by atoms with Crippen LogP contribution in [0.5, 0.6) is 0 Å². The lowest BCUT2D eigenvalue weighted by Gasteiger charge is -2.23. The molecule has 3 N–H and O–H groups in total. The summed E-state index contributed by atoms with van der Waals surface area (Å²) in [6.07, 6.45) is 1.46. The Hall–Kier alpha value is -0.990. The average molecular weight is 288 g/mol. The molecule has 6 nitrogen and oxygen atoms in total. The van der Waals surface area contributed by atoms with Crippen molar-refractivity contribution in [1.29, 1.82) is 0 Å². The highest BCUT2D eigenvalue weighted by Crippen LogP contribution is 2.28. The van der Waals surface area contributed by atoms with Crippen molar-refractivity contribution in [2.24, 2.45) is 5.73 Å². The van der Waals surface area contributed by atoms with Gasteiger partial charge in [0.05, 0.1) is 22.4 Å². The van der Waals surface area contributed by atoms with Crippen molar-refractivity contribution in [1.82, 2.24) is 14.5 Å². The first-order chi connectivity index (χ1) is 8.35. The van der Waals surface area contributed by atoms with Crippen LogP contribution in [-0.2, 0) is 10.0 Å². The maximum Gasteiger partial charge on any atom is 0.247 e. The van der Waals surface area contributed by atoms with E-state index in [1.54, 1.807) is 13.8 Å². The molecule has 100 valence electrons. The smallest absolute Gasteiger partial charge is 0.247 e. The molecule has 1 aromatic heterocycles. The van der Waals surface area contributed by atoms with Gasteiger partial charge in [-0.2, -0.15) is 9.40 Å². The van der Waals surface area contributed by atoms with E-state index in [0.717, 1.165) is 6.42 Å². The minimum Gasteiger partial charge on any atom is -0.392 e. The maximum atomic E-state index is 12.6. The summed E-state index contributed by atoms with van der Waals surface area (Å²) < 4.78 is 26.6. The van der Waals surface area contributed by atoms with E-state index in [2.05, 4.69) is 10.2 Å². The zero-order valence-corrected chi connectivity index (χ0v) is 11.9. The number of rotatable bonds is 3. The number of H-pyrrole nitrogens is 1. The lowest BCUT2D eigenvalue weighted by Crippen LogP contribution is -2.43. The minimum atomic E-state index is -3.58. The molecule has 18 heavy (non-hydrogen) atoms. The van der Waals surface area contributed by atoms with E-state index in [-0.39, 0.29) is 15.9 Å². The van der Waals surface area contributed by atoms with Gasteiger partial charge >= 0.3 is 0 Å². The Morgan fingerprint density at radius 3 is 2.72 bits per heavy atom. The molecule has 0 radical (unpaired) electrons. The number of thiocarbonyl (C=S) groups is 1. The first-order valence-electron chi connectivity index (χ1n) is 5.68. The molecule has 1 atom stereocenters. The van der Waals surface area contributed by atoms with Crippen LogP contribution in [-0.4, -0.2) is 40.5 Å². The number of aryl methyl sites for hydroxylation is 2. The van der Waals surface area contributed by atoms with Crippen molar-refractivity contribution < 1.29 is 8.42 Å². The van der Waals surface area contributed by atoms with Crippen molar-refractivity contribution in [3.05, 3.63) is 11.4 Å². The Balaban J connectivity index is 2.46. The Bertz CT molecular complexity index is 559. The van der Waals surface area contributed by atoms with Crippen LogP contribution in [0.1, 0.15) is 24.2 Å². The molecule has 0 aromatic carbocycles. The number of aromatic nitrogens is 2. The van der Waals surface area contributed by atoms with Gasteiger partial charge in [0.1, 0.15) is 4.90 Å². The molecule has 0 aliphatic carbocycles. The van der Waals surface area contributed by atoms with Gasteiger partial charge in [-0.15, -0.1) is 0 Å². The molecular formula is C10H16N4O2S2. The van der Waals surface area contributed by atoms with E-state index < -0.39 is 10.0 Å². The summed E-state index contributed by atoms with van der Waals surface area (Å²) in [6.45, 7) is 3.81. The van der Waals surface area contributed by atoms with Crippen LogP contribution in [0, 0.1) is 13.8 Å². The molecule has 1 aliphatic heterocycles. The molecule has 1 fully saturated rings. The first-order valence-corrected chi connectivity index (χ1v) is 7.53. The second kappa shape index (κ2) is 4.60. The van der Waals surface area contributed by atoms with Crippen LogP contribution in [0.15, 0.2) is 4.90 Å². The molecule has 1 saturated heterocycles. The fourth-order valence-corrected chi connectivity index (χ4v) is 4.67. The number of hydrogen-bond acceptors (Lipinski definition) is 4. The second-order valence-corrected chi connectivity index (χ2v) is 6.74. The first kappa shape index (κ1) is 13.4. The van der Waals surface area contributed by atoms with Crippen LogP contribution >= 0.6 is 12.2 Å². The molecule has 2 rings (SSSR count). The molecule has 8 heteroatoms. The fourth-order valence-electron chi connectivity index (χ4n) is 2.35. The normalized spacial score (nSPS) is 21.3. The number of nitrogens with one attached hydrogen (secondary N) is 1. The molecular weight excluding hydrogens is 272 g/mol. The topological polar surface area (TPSA) is 92.1 Å². The largest absolute Gasteiger partial charge is 0.392 e. The van der Waals surface area contributed by atoms with Gasteiger partial charge in [0, 0.05) is 6.54 Å². The quantitative estimate of drug-likeness (QED) is 0.789. The number of nitrogens with two attached hydrogens (primary N) is 1. The van der Waals surface area contributed by atoms with Crippen molar-refractivity contribution in [3.8, 4) is 0 Å². The Morgan fingerprint density at radius 2 is 2.22 bits per heavy atom. The molecule has 1 unspecified atom stereocenters. The van der Waals surface area contributed by atoms with Gasteiger partial charge in [-0.25, -0.2) is 8.42 Å². The summed E-state index contributed by atoms with van der Waals surface area (Å²) in [5.74, 6) is 0. The summed E-state index contributed by atoms with van der Waals surface area (Å²) >= 11 is 4.94. The molecule has 0 spiro atoms. The Labute approximate surface area is 112 Å². The lowest BCUT2D eigenvalue weighted by molar-refractivity contribution is 0.445. The van der Waals surface area contributed by atoms with Gasteiger partial charge < -0.3 is 5.73 Å². The molecule has 0 bridgehead atoms. The van der Waals surface area contributed by atoms with Gasteiger partial charge in [0.15, 0.2) is 0 Å². The third-order valence-corrected chi connectivity index (χ3v) is 5.60. The molecule has 2 heterocycles. The third kappa shape index (κ3) is 2.04. The number of nitrogens with zero attached hydrogens (tertiary/aromatic N) is 2. The fraction of sp³-hybridized carbons (Fsp3) is 0.600. The lowest BCUT2D eigenvalue weighted by atomic mass is 10.2. The van der Waals surface area contributed by atoms with Gasteiger partial charge in [0.2, 0.25) is 10.0 Å². The highest BCUT2D eigenvalue weighted by atomic mass is 32.2. The van der Waals surface area contributed by atoms with Crippen LogP contribution < -0.4 is 5.73 Å². The van der Waals surface area contributed by atoms with Gasteiger partial charge in [0.25, 0.3) is 0 Å². The molecule has 1 aliphatic rings. The van der Waals surface area contributed by atoms with E-state index in [4.69, 9.17) is 18.0 Å². The molecule has 0 amide bonds. The van der Waals surface area contributed by atoms with Crippen molar-refractivity contribution >= 4 is 27.2 Å². The predicted molar refractivity (Wildman–Crippen MR) is 71.8 cm³/mol. The van der Waals surface area contributed by atoms with Gasteiger partial charge in [-0.1, -0.05) is 12.2 Å². The second-order valence-electron chi connectivity index (χ2n) is 4.44. The number of hydrogen-bond donors (Lipinski definition) is 2. The summed E-state index contributed by atoms with van der Waals surface area (Å²) in [4.78, 5) is 0.473. The van der Waals surface area contributed by atoms with E-state index in [1.807, 2.05) is 0 Å². The summed E-state index contributed by atoms with van der Waals surface area (Å²) in [5.41, 5.74) is 6.63. The van der Waals surface area contributed by atoms with Crippen molar-refractivity contribution in [3.63, 3.8) is 0 Å². The third-order valence-electron chi connectivity index (χ3n) is 3.16. The highest BCUT2D eigenvalue weighted by molar-refractivity contribution is 7.89. The SMILES string of the molecule is Cc1n[nH]c(C)c1S(=O)(=O)N1CCCC1C(N)=S. The van der Waals surface area contributed by atoms with Gasteiger partial charge in [-0.3, -0.25) is 5.10 Å². The molecule has 1 aromatic rings.